The molecule has 0 saturated carbocycles. The predicted octanol–water partition coefficient (Wildman–Crippen LogP) is 6.75. The minimum Gasteiger partial charge on any atom is -0.493 e. The van der Waals surface area contributed by atoms with E-state index in [-0.39, 0.29) is 0 Å². The van der Waals surface area contributed by atoms with Gasteiger partial charge in [-0.25, -0.2) is 30.0 Å². The first-order valence-corrected chi connectivity index (χ1v) is 20.9. The van der Waals surface area contributed by atoms with Gasteiger partial charge in [0.05, 0.1) is 48.3 Å². The Balaban J connectivity index is 1.47. The third-order valence-electron chi connectivity index (χ3n) is 9.77. The van der Waals surface area contributed by atoms with Crippen molar-refractivity contribution in [3.05, 3.63) is 106 Å². The van der Waals surface area contributed by atoms with E-state index in [0.717, 1.165) is 43.8 Å². The van der Waals surface area contributed by atoms with Crippen molar-refractivity contribution in [2.24, 2.45) is 30.0 Å². The van der Waals surface area contributed by atoms with E-state index in [0.29, 0.717) is 95.4 Å². The minimum absolute atomic E-state index is 0.447. The topological polar surface area (TPSA) is 121 Å². The molecule has 0 N–H and O–H groups in total. The summed E-state index contributed by atoms with van der Waals surface area (Å²) >= 11 is -3.02. The number of rotatable bonds is 8. The van der Waals surface area contributed by atoms with Gasteiger partial charge >= 0.3 is 13.7 Å². The molecule has 14 heteroatoms. The molecule has 4 aromatic carbocycles. The standard InChI is InChI=1S/C40H32N8O4.Al.ClH/c1-5-49-25-17-9-13-21-29(25)37-41-33(21)46-38-31-23(15-11-19-27(31)51-7-3)35(43-38)48-40-32-24(16-12-20-28(32)52-8-4)36(44-40)47-39-30-22(34(42-39)45-37)14-10-18-26(30)50-6-2;;/h9-20H,5-8H2,1-4H3;;1H/q-2;+3;/p-1. The van der Waals surface area contributed by atoms with Crippen LogP contribution in [0.25, 0.3) is 21.5 Å². The second kappa shape index (κ2) is 12.7. The number of amidine groups is 4. The molecule has 0 aliphatic carbocycles. The van der Waals surface area contributed by atoms with E-state index in [1.54, 1.807) is 0 Å². The zero-order chi connectivity index (χ0) is 36.7. The summed E-state index contributed by atoms with van der Waals surface area (Å²) in [5.74, 6) is 5.68. The number of ether oxygens (including phenoxy) is 4. The molecule has 54 heavy (non-hydrogen) atoms. The molecule has 0 unspecified atom stereocenters. The lowest BCUT2D eigenvalue weighted by molar-refractivity contribution is 0.339. The van der Waals surface area contributed by atoms with Crippen LogP contribution in [0.3, 0.4) is 0 Å². The predicted molar refractivity (Wildman–Crippen MR) is 212 cm³/mol. The van der Waals surface area contributed by atoms with Gasteiger partial charge in [-0.3, -0.25) is 0 Å². The van der Waals surface area contributed by atoms with Crippen LogP contribution in [0.5, 0.6) is 23.0 Å². The van der Waals surface area contributed by atoms with Gasteiger partial charge in [-0.15, -0.1) is 0 Å². The van der Waals surface area contributed by atoms with Gasteiger partial charge < -0.3 is 26.0 Å². The fourth-order valence-corrected chi connectivity index (χ4v) is 10.6. The number of aliphatic imine (C=N–C) groups is 4. The Kier molecular flexibility index (Phi) is 7.73. The van der Waals surface area contributed by atoms with Crippen LogP contribution in [0, 0.1) is 0 Å². The van der Waals surface area contributed by atoms with Crippen molar-refractivity contribution < 1.29 is 18.9 Å². The molecule has 10 rings (SSSR count). The number of hydrogen-bond acceptors (Lipinski definition) is 10. The lowest BCUT2D eigenvalue weighted by Gasteiger charge is -2.15. The Hall–Kier alpha value is -5.74. The van der Waals surface area contributed by atoms with Crippen molar-refractivity contribution in [1.82, 2.24) is 7.10 Å². The zero-order valence-electron chi connectivity index (χ0n) is 29.9. The number of fused-ring (bicyclic) bond motifs is 14. The Bertz CT molecular complexity index is 2870. The lowest BCUT2D eigenvalue weighted by atomic mass is 10.1. The van der Waals surface area contributed by atoms with E-state index in [1.807, 2.05) is 108 Å². The van der Waals surface area contributed by atoms with Crippen LogP contribution in [-0.2, 0) is 0 Å². The summed E-state index contributed by atoms with van der Waals surface area (Å²) < 4.78 is 29.1. The Morgan fingerprint density at radius 1 is 0.481 bits per heavy atom. The largest absolute Gasteiger partial charge is 0.722 e. The molecule has 4 aliphatic heterocycles. The Labute approximate surface area is 318 Å². The molecule has 0 atom stereocenters. The van der Waals surface area contributed by atoms with Gasteiger partial charge in [0.15, 0.2) is 23.3 Å². The van der Waals surface area contributed by atoms with E-state index in [9.17, 15) is 0 Å². The Morgan fingerprint density at radius 3 is 1.61 bits per heavy atom. The maximum Gasteiger partial charge on any atom is 0.722 e. The van der Waals surface area contributed by atoms with Gasteiger partial charge in [0.1, 0.15) is 45.6 Å². The maximum atomic E-state index is 8.04. The van der Waals surface area contributed by atoms with Gasteiger partial charge in [-0.2, -0.15) is 10.0 Å². The minimum atomic E-state index is -3.02. The third-order valence-corrected chi connectivity index (χ3v) is 12.8. The average molecular weight is 751 g/mol. The molecule has 0 spiro atoms. The number of aromatic nitrogens is 2. The molecule has 12 nitrogen and oxygen atoms in total. The summed E-state index contributed by atoms with van der Waals surface area (Å²) in [6, 6.07) is 23.6. The summed E-state index contributed by atoms with van der Waals surface area (Å²) in [7, 11) is 8.04. The van der Waals surface area contributed by atoms with E-state index in [2.05, 4.69) is 0 Å². The fraction of sp³-hybridized carbons (Fsp3) is 0.200. The number of benzene rings is 4. The van der Waals surface area contributed by atoms with E-state index < -0.39 is 13.7 Å². The molecule has 266 valence electrons. The number of nitrogens with zero attached hydrogens (tertiary/aromatic N) is 8. The smallest absolute Gasteiger partial charge is 0.493 e. The quantitative estimate of drug-likeness (QED) is 0.160. The van der Waals surface area contributed by atoms with Gasteiger partial charge in [-0.05, 0) is 52.0 Å². The number of hydrogen-bond donors (Lipinski definition) is 0. The normalized spacial score (nSPS) is 14.6. The lowest BCUT2D eigenvalue weighted by Crippen LogP contribution is -2.43. The molecule has 4 aliphatic rings. The average Bonchev–Trinajstić information content (AvgIpc) is 3.89. The molecule has 2 aromatic heterocycles. The highest BCUT2D eigenvalue weighted by molar-refractivity contribution is 7.05. The SMILES string of the molecule is CCOc1cccc2c1C1=NC2=Nc2c3c(OCC)cccc3c3[n]2[Al]([Cl])[n]2c(c4cccc(OCC)c4c2=NC2=NC(=N3)c3c(OCC)cccc32)=N1. The molecule has 6 aromatic rings. The van der Waals surface area contributed by atoms with Gasteiger partial charge in [-0.1, -0.05) is 48.5 Å². The second-order valence-corrected chi connectivity index (χ2v) is 15.6. The van der Waals surface area contributed by atoms with E-state index in [1.165, 1.54) is 0 Å². The molecule has 6 bridgehead atoms. The van der Waals surface area contributed by atoms with Crippen LogP contribution < -0.4 is 29.9 Å². The second-order valence-electron chi connectivity index (χ2n) is 12.8. The van der Waals surface area contributed by atoms with Gasteiger partial charge in [0.2, 0.25) is 0 Å². The monoisotopic (exact) mass is 750 g/mol. The third kappa shape index (κ3) is 4.68. The number of halogens is 1. The van der Waals surface area contributed by atoms with Crippen molar-refractivity contribution in [2.45, 2.75) is 27.7 Å². The maximum absolute atomic E-state index is 8.04. The molecular formula is C40H32AlClN8O4. The summed E-state index contributed by atoms with van der Waals surface area (Å²) in [5.41, 5.74) is 4.25. The highest BCUT2D eigenvalue weighted by Gasteiger charge is 2.40. The van der Waals surface area contributed by atoms with Crippen LogP contribution in [0.15, 0.2) is 103 Å². The van der Waals surface area contributed by atoms with E-state index >= 15 is 0 Å². The van der Waals surface area contributed by atoms with E-state index in [4.69, 9.17) is 59.0 Å². The Morgan fingerprint density at radius 2 is 0.963 bits per heavy atom. The van der Waals surface area contributed by atoms with Crippen molar-refractivity contribution >= 4 is 80.2 Å². The first kappa shape index (κ1) is 32.9. The van der Waals surface area contributed by atoms with Crippen LogP contribution in [0.2, 0.25) is 0 Å². The van der Waals surface area contributed by atoms with Crippen molar-refractivity contribution in [3.63, 3.8) is 0 Å². The summed E-state index contributed by atoms with van der Waals surface area (Å²) in [6.45, 7) is 9.68. The zero-order valence-corrected chi connectivity index (χ0v) is 31.8. The van der Waals surface area contributed by atoms with Crippen LogP contribution in [0.1, 0.15) is 49.9 Å². The van der Waals surface area contributed by atoms with Crippen LogP contribution in [-0.4, -0.2) is 70.5 Å². The molecular weight excluding hydrogens is 719 g/mol. The van der Waals surface area contributed by atoms with Crippen LogP contribution in [0.4, 0.5) is 11.6 Å². The molecule has 0 amide bonds. The first-order valence-electron chi connectivity index (χ1n) is 18.1. The van der Waals surface area contributed by atoms with Crippen molar-refractivity contribution in [1.29, 1.82) is 0 Å². The van der Waals surface area contributed by atoms with Crippen molar-refractivity contribution in [2.75, 3.05) is 26.4 Å². The highest BCUT2D eigenvalue weighted by Crippen LogP contribution is 2.46. The van der Waals surface area contributed by atoms with Crippen molar-refractivity contribution in [3.8, 4) is 23.0 Å². The summed E-state index contributed by atoms with van der Waals surface area (Å²) in [6.07, 6.45) is 0. The summed E-state index contributed by atoms with van der Waals surface area (Å²) in [4.78, 5) is 31.8. The fourth-order valence-electron chi connectivity index (χ4n) is 7.73. The van der Waals surface area contributed by atoms with Gasteiger partial charge in [0, 0.05) is 21.9 Å². The van der Waals surface area contributed by atoms with Gasteiger partial charge in [0.25, 0.3) is 0 Å². The van der Waals surface area contributed by atoms with Crippen LogP contribution >= 0.6 is 10.0 Å². The molecule has 0 saturated heterocycles. The molecule has 0 fully saturated rings. The molecule has 0 radical (unpaired) electrons. The molecule has 6 heterocycles. The summed E-state index contributed by atoms with van der Waals surface area (Å²) in [5, 5.41) is 3.14. The first-order chi connectivity index (χ1) is 26.5. The highest BCUT2D eigenvalue weighted by atomic mass is 35.6.